The largest absolute Gasteiger partial charge is 0.367 e. The number of rotatable bonds is 2. The Bertz CT molecular complexity index is 483. The van der Waals surface area contributed by atoms with Crippen LogP contribution >= 0.6 is 15.9 Å². The minimum absolute atomic E-state index is 0.589. The van der Waals surface area contributed by atoms with Crippen LogP contribution in [0.4, 0.5) is 0 Å². The van der Waals surface area contributed by atoms with Crippen LogP contribution in [-0.2, 0) is 0 Å². The summed E-state index contributed by atoms with van der Waals surface area (Å²) in [6.07, 6.45) is 6.23. The highest BCUT2D eigenvalue weighted by atomic mass is 79.9. The minimum Gasteiger partial charge on any atom is -0.367 e. The first-order valence-corrected chi connectivity index (χ1v) is 6.73. The van der Waals surface area contributed by atoms with Crippen molar-refractivity contribution >= 4 is 15.9 Å². The molecule has 0 radical (unpaired) electrons. The molecule has 1 saturated heterocycles. The van der Waals surface area contributed by atoms with Crippen molar-refractivity contribution < 1.29 is 0 Å². The Labute approximate surface area is 108 Å². The second kappa shape index (κ2) is 4.66. The van der Waals surface area contributed by atoms with Gasteiger partial charge in [-0.3, -0.25) is 5.10 Å². The van der Waals surface area contributed by atoms with Crippen LogP contribution in [0.3, 0.4) is 0 Å². The van der Waals surface area contributed by atoms with Gasteiger partial charge in [-0.05, 0) is 47.9 Å². The van der Waals surface area contributed by atoms with Gasteiger partial charge in [0.25, 0.3) is 0 Å². The SMILES string of the molecule is Brc1c(-c2cc[nH]c2)n[nH]c1C1CCNCC1. The van der Waals surface area contributed by atoms with Crippen LogP contribution in [-0.4, -0.2) is 28.3 Å². The van der Waals surface area contributed by atoms with Gasteiger partial charge in [-0.1, -0.05) is 0 Å². The summed E-state index contributed by atoms with van der Waals surface area (Å²) in [5.41, 5.74) is 3.36. The van der Waals surface area contributed by atoms with E-state index in [0.29, 0.717) is 5.92 Å². The molecular weight excluding hydrogens is 280 g/mol. The summed E-state index contributed by atoms with van der Waals surface area (Å²) in [6, 6.07) is 2.03. The van der Waals surface area contributed by atoms with E-state index < -0.39 is 0 Å². The van der Waals surface area contributed by atoms with E-state index in [1.54, 1.807) is 0 Å². The smallest absolute Gasteiger partial charge is 0.108 e. The molecule has 0 aliphatic carbocycles. The van der Waals surface area contributed by atoms with Crippen molar-refractivity contribution in [2.24, 2.45) is 0 Å². The maximum absolute atomic E-state index is 4.42. The minimum atomic E-state index is 0.589. The topological polar surface area (TPSA) is 56.5 Å². The fraction of sp³-hybridized carbons (Fsp3) is 0.417. The molecule has 0 saturated carbocycles. The molecule has 1 fully saturated rings. The monoisotopic (exact) mass is 294 g/mol. The van der Waals surface area contributed by atoms with Crippen LogP contribution in [0, 0.1) is 0 Å². The summed E-state index contributed by atoms with van der Waals surface area (Å²) < 4.78 is 1.11. The summed E-state index contributed by atoms with van der Waals surface area (Å²) in [4.78, 5) is 3.06. The summed E-state index contributed by atoms with van der Waals surface area (Å²) in [7, 11) is 0. The zero-order chi connectivity index (χ0) is 11.7. The summed E-state index contributed by atoms with van der Waals surface area (Å²) >= 11 is 3.68. The lowest BCUT2D eigenvalue weighted by molar-refractivity contribution is 0.452. The van der Waals surface area contributed by atoms with Gasteiger partial charge in [-0.15, -0.1) is 0 Å². The Balaban J connectivity index is 1.92. The molecule has 1 aliphatic heterocycles. The number of nitrogens with zero attached hydrogens (tertiary/aromatic N) is 1. The number of nitrogens with one attached hydrogen (secondary N) is 3. The van der Waals surface area contributed by atoms with E-state index in [1.165, 1.54) is 18.5 Å². The van der Waals surface area contributed by atoms with Crippen molar-refractivity contribution in [1.29, 1.82) is 0 Å². The quantitative estimate of drug-likeness (QED) is 0.797. The molecule has 3 rings (SSSR count). The number of piperidine rings is 1. The molecule has 0 amide bonds. The van der Waals surface area contributed by atoms with Gasteiger partial charge in [0.2, 0.25) is 0 Å². The molecule has 0 atom stereocenters. The number of hydrogen-bond donors (Lipinski definition) is 3. The lowest BCUT2D eigenvalue weighted by Gasteiger charge is -2.21. The first kappa shape index (κ1) is 11.0. The average molecular weight is 295 g/mol. The number of hydrogen-bond acceptors (Lipinski definition) is 2. The van der Waals surface area contributed by atoms with E-state index in [2.05, 4.69) is 36.4 Å². The van der Waals surface area contributed by atoms with Crippen molar-refractivity contribution in [2.75, 3.05) is 13.1 Å². The molecule has 3 heterocycles. The Morgan fingerprint density at radius 2 is 2.12 bits per heavy atom. The second-order valence-electron chi connectivity index (χ2n) is 4.42. The van der Waals surface area contributed by atoms with E-state index in [4.69, 9.17) is 0 Å². The van der Waals surface area contributed by atoms with Crippen LogP contribution < -0.4 is 5.32 Å². The van der Waals surface area contributed by atoms with Crippen molar-refractivity contribution in [2.45, 2.75) is 18.8 Å². The highest BCUT2D eigenvalue weighted by Crippen LogP contribution is 2.35. The van der Waals surface area contributed by atoms with Gasteiger partial charge >= 0.3 is 0 Å². The van der Waals surface area contributed by atoms with Gasteiger partial charge in [0.1, 0.15) is 5.69 Å². The normalized spacial score (nSPS) is 17.5. The van der Waals surface area contributed by atoms with Crippen LogP contribution in [0.5, 0.6) is 0 Å². The molecular formula is C12H15BrN4. The Morgan fingerprint density at radius 1 is 1.29 bits per heavy atom. The van der Waals surface area contributed by atoms with Crippen molar-refractivity contribution in [1.82, 2.24) is 20.5 Å². The Morgan fingerprint density at radius 3 is 2.82 bits per heavy atom. The number of aromatic amines is 2. The molecule has 1 aliphatic rings. The molecule has 90 valence electrons. The molecule has 17 heavy (non-hydrogen) atoms. The van der Waals surface area contributed by atoms with Crippen LogP contribution in [0.2, 0.25) is 0 Å². The van der Waals surface area contributed by atoms with E-state index in [9.17, 15) is 0 Å². The average Bonchev–Trinajstić information content (AvgIpc) is 2.99. The van der Waals surface area contributed by atoms with Gasteiger partial charge < -0.3 is 10.3 Å². The zero-order valence-corrected chi connectivity index (χ0v) is 11.0. The van der Waals surface area contributed by atoms with Crippen LogP contribution in [0.25, 0.3) is 11.3 Å². The molecule has 2 aromatic rings. The highest BCUT2D eigenvalue weighted by Gasteiger charge is 2.22. The van der Waals surface area contributed by atoms with Crippen molar-refractivity contribution in [3.8, 4) is 11.3 Å². The first-order valence-electron chi connectivity index (χ1n) is 5.94. The molecule has 0 bridgehead atoms. The maximum atomic E-state index is 4.42. The maximum Gasteiger partial charge on any atom is 0.108 e. The lowest BCUT2D eigenvalue weighted by atomic mass is 9.94. The Kier molecular flexibility index (Phi) is 3.03. The summed E-state index contributed by atoms with van der Waals surface area (Å²) in [6.45, 7) is 2.19. The van der Waals surface area contributed by atoms with Gasteiger partial charge in [0, 0.05) is 23.9 Å². The number of halogens is 1. The third-order valence-corrected chi connectivity index (χ3v) is 4.15. The van der Waals surface area contributed by atoms with Crippen LogP contribution in [0.1, 0.15) is 24.5 Å². The lowest BCUT2D eigenvalue weighted by Crippen LogP contribution is -2.26. The van der Waals surface area contributed by atoms with E-state index in [-0.39, 0.29) is 0 Å². The predicted molar refractivity (Wildman–Crippen MR) is 70.9 cm³/mol. The Hall–Kier alpha value is -1.07. The van der Waals surface area contributed by atoms with E-state index in [1.807, 2.05) is 18.5 Å². The number of aromatic nitrogens is 3. The number of H-pyrrole nitrogens is 2. The molecule has 0 unspecified atom stereocenters. The van der Waals surface area contributed by atoms with Crippen molar-refractivity contribution in [3.63, 3.8) is 0 Å². The van der Waals surface area contributed by atoms with Crippen molar-refractivity contribution in [3.05, 3.63) is 28.6 Å². The summed E-state index contributed by atoms with van der Waals surface area (Å²) in [5.74, 6) is 0.589. The van der Waals surface area contributed by atoms with Gasteiger partial charge in [0.15, 0.2) is 0 Å². The van der Waals surface area contributed by atoms with Gasteiger partial charge in [-0.2, -0.15) is 5.10 Å². The predicted octanol–water partition coefficient (Wildman–Crippen LogP) is 2.63. The third-order valence-electron chi connectivity index (χ3n) is 3.35. The molecule has 5 heteroatoms. The van der Waals surface area contributed by atoms with Crippen LogP contribution in [0.15, 0.2) is 22.9 Å². The standard InChI is InChI=1S/C12H15BrN4/c13-10-11(8-1-4-14-5-2-8)16-17-12(10)9-3-6-15-7-9/h3,6-8,14-15H,1-2,4-5H2,(H,16,17). The molecule has 3 N–H and O–H groups in total. The van der Waals surface area contributed by atoms with E-state index in [0.717, 1.165) is 28.8 Å². The van der Waals surface area contributed by atoms with Gasteiger partial charge in [0.05, 0.1) is 10.2 Å². The highest BCUT2D eigenvalue weighted by molar-refractivity contribution is 9.10. The molecule has 0 aromatic carbocycles. The molecule has 4 nitrogen and oxygen atoms in total. The third kappa shape index (κ3) is 2.05. The zero-order valence-electron chi connectivity index (χ0n) is 9.46. The molecule has 2 aromatic heterocycles. The molecule has 0 spiro atoms. The fourth-order valence-electron chi connectivity index (χ4n) is 2.39. The summed E-state index contributed by atoms with van der Waals surface area (Å²) in [5, 5.41) is 11.0. The first-order chi connectivity index (χ1) is 8.36. The van der Waals surface area contributed by atoms with E-state index >= 15 is 0 Å². The van der Waals surface area contributed by atoms with Gasteiger partial charge in [-0.25, -0.2) is 0 Å². The second-order valence-corrected chi connectivity index (χ2v) is 5.22. The fourth-order valence-corrected chi connectivity index (χ4v) is 3.12.